The van der Waals surface area contributed by atoms with Crippen molar-refractivity contribution in [1.82, 2.24) is 9.62 Å². The first-order valence-electron chi connectivity index (χ1n) is 7.31. The number of benzene rings is 2. The maximum Gasteiger partial charge on any atom is 0.243 e. The van der Waals surface area contributed by atoms with E-state index in [1.54, 1.807) is 36.4 Å². The third kappa shape index (κ3) is 4.20. The van der Waals surface area contributed by atoms with Crippen molar-refractivity contribution in [3.05, 3.63) is 53.6 Å². The molecule has 0 saturated carbocycles. The number of halogens is 2. The van der Waals surface area contributed by atoms with Gasteiger partial charge in [0.05, 0.1) is 9.92 Å². The van der Waals surface area contributed by atoms with E-state index in [1.165, 1.54) is 4.31 Å². The SMILES string of the molecule is Cl.O=S(=O)(c1ccc(Oc2ccccc2Cl)cc1)N1CCNCC1. The lowest BCUT2D eigenvalue weighted by Gasteiger charge is -2.26. The van der Waals surface area contributed by atoms with Crippen molar-refractivity contribution >= 4 is 34.0 Å². The van der Waals surface area contributed by atoms with E-state index >= 15 is 0 Å². The molecule has 1 heterocycles. The molecule has 5 nitrogen and oxygen atoms in total. The van der Waals surface area contributed by atoms with Crippen molar-refractivity contribution in [2.24, 2.45) is 0 Å². The Morgan fingerprint density at radius 2 is 1.62 bits per heavy atom. The van der Waals surface area contributed by atoms with Crippen LogP contribution in [-0.2, 0) is 10.0 Å². The number of sulfonamides is 1. The van der Waals surface area contributed by atoms with Crippen LogP contribution in [0, 0.1) is 0 Å². The maximum absolute atomic E-state index is 12.5. The number of hydrogen-bond donors (Lipinski definition) is 1. The van der Waals surface area contributed by atoms with Gasteiger partial charge < -0.3 is 10.1 Å². The van der Waals surface area contributed by atoms with Gasteiger partial charge in [0.15, 0.2) is 0 Å². The van der Waals surface area contributed by atoms with E-state index in [9.17, 15) is 8.42 Å². The second-order valence-corrected chi connectivity index (χ2v) is 7.50. The van der Waals surface area contributed by atoms with Crippen LogP contribution in [0.3, 0.4) is 0 Å². The molecular weight excluding hydrogens is 371 g/mol. The van der Waals surface area contributed by atoms with Crippen LogP contribution in [0.15, 0.2) is 53.4 Å². The van der Waals surface area contributed by atoms with Crippen LogP contribution in [0.5, 0.6) is 11.5 Å². The van der Waals surface area contributed by atoms with Crippen molar-refractivity contribution < 1.29 is 13.2 Å². The lowest BCUT2D eigenvalue weighted by Crippen LogP contribution is -2.46. The molecule has 0 bridgehead atoms. The van der Waals surface area contributed by atoms with Gasteiger partial charge >= 0.3 is 0 Å². The third-order valence-corrected chi connectivity index (χ3v) is 5.83. The molecule has 1 N–H and O–H groups in total. The Bertz CT molecular complexity index is 776. The van der Waals surface area contributed by atoms with Gasteiger partial charge in [-0.2, -0.15) is 4.31 Å². The predicted molar refractivity (Wildman–Crippen MR) is 96.8 cm³/mol. The fourth-order valence-corrected chi connectivity index (χ4v) is 3.98. The van der Waals surface area contributed by atoms with Gasteiger partial charge in [0.1, 0.15) is 11.5 Å². The fourth-order valence-electron chi connectivity index (χ4n) is 2.37. The highest BCUT2D eigenvalue weighted by molar-refractivity contribution is 7.89. The summed E-state index contributed by atoms with van der Waals surface area (Å²) in [4.78, 5) is 0.269. The summed E-state index contributed by atoms with van der Waals surface area (Å²) in [6.45, 7) is 2.32. The minimum Gasteiger partial charge on any atom is -0.456 e. The molecule has 1 saturated heterocycles. The number of hydrogen-bond acceptors (Lipinski definition) is 4. The smallest absolute Gasteiger partial charge is 0.243 e. The van der Waals surface area contributed by atoms with Gasteiger partial charge in [-0.25, -0.2) is 8.42 Å². The van der Waals surface area contributed by atoms with Crippen LogP contribution in [0.2, 0.25) is 5.02 Å². The molecule has 0 aromatic heterocycles. The summed E-state index contributed by atoms with van der Waals surface area (Å²) in [6, 6.07) is 13.5. The number of ether oxygens (including phenoxy) is 1. The van der Waals surface area contributed by atoms with Gasteiger partial charge in [-0.05, 0) is 36.4 Å². The van der Waals surface area contributed by atoms with Crippen molar-refractivity contribution in [2.75, 3.05) is 26.2 Å². The molecule has 3 rings (SSSR count). The highest BCUT2D eigenvalue weighted by atomic mass is 35.5. The molecule has 1 aliphatic rings. The summed E-state index contributed by atoms with van der Waals surface area (Å²) in [5, 5.41) is 3.65. The molecule has 0 spiro atoms. The lowest BCUT2D eigenvalue weighted by molar-refractivity contribution is 0.360. The third-order valence-electron chi connectivity index (χ3n) is 3.60. The van der Waals surface area contributed by atoms with Gasteiger partial charge in [0.2, 0.25) is 10.0 Å². The summed E-state index contributed by atoms with van der Waals surface area (Å²) in [5.41, 5.74) is 0. The number of piperazine rings is 1. The lowest BCUT2D eigenvalue weighted by atomic mass is 10.3. The van der Waals surface area contributed by atoms with Crippen molar-refractivity contribution in [3.63, 3.8) is 0 Å². The molecule has 0 atom stereocenters. The van der Waals surface area contributed by atoms with Gasteiger partial charge in [0.25, 0.3) is 0 Å². The Morgan fingerprint density at radius 3 is 2.25 bits per heavy atom. The highest BCUT2D eigenvalue weighted by Gasteiger charge is 2.25. The molecule has 0 amide bonds. The van der Waals surface area contributed by atoms with Crippen molar-refractivity contribution in [1.29, 1.82) is 0 Å². The fraction of sp³-hybridized carbons (Fsp3) is 0.250. The predicted octanol–water partition coefficient (Wildman–Crippen LogP) is 3.15. The van der Waals surface area contributed by atoms with E-state index in [0.29, 0.717) is 42.7 Å². The van der Waals surface area contributed by atoms with E-state index < -0.39 is 10.0 Å². The zero-order valence-electron chi connectivity index (χ0n) is 12.8. The first-order valence-corrected chi connectivity index (χ1v) is 9.12. The van der Waals surface area contributed by atoms with Crippen molar-refractivity contribution in [2.45, 2.75) is 4.90 Å². The Balaban J connectivity index is 0.00000208. The van der Waals surface area contributed by atoms with Crippen molar-refractivity contribution in [3.8, 4) is 11.5 Å². The second-order valence-electron chi connectivity index (χ2n) is 5.16. The molecule has 130 valence electrons. The summed E-state index contributed by atoms with van der Waals surface area (Å²) in [5.74, 6) is 1.07. The zero-order valence-corrected chi connectivity index (χ0v) is 15.2. The molecule has 24 heavy (non-hydrogen) atoms. The average Bonchev–Trinajstić information content (AvgIpc) is 2.58. The Hall–Kier alpha value is -1.31. The van der Waals surface area contributed by atoms with E-state index in [2.05, 4.69) is 5.32 Å². The van der Waals surface area contributed by atoms with E-state index in [-0.39, 0.29) is 17.3 Å². The molecule has 1 fully saturated rings. The largest absolute Gasteiger partial charge is 0.456 e. The molecule has 0 aliphatic carbocycles. The van der Waals surface area contributed by atoms with Crippen LogP contribution < -0.4 is 10.1 Å². The molecule has 1 aliphatic heterocycles. The first kappa shape index (κ1) is 19.0. The van der Waals surface area contributed by atoms with E-state index in [4.69, 9.17) is 16.3 Å². The van der Waals surface area contributed by atoms with Crippen LogP contribution in [-0.4, -0.2) is 38.9 Å². The standard InChI is InChI=1S/C16H17ClN2O3S.ClH/c17-15-3-1-2-4-16(15)22-13-5-7-14(8-6-13)23(20,21)19-11-9-18-10-12-19;/h1-8,18H,9-12H2;1H. The minimum absolute atomic E-state index is 0. The molecule has 2 aromatic carbocycles. The molecule has 0 unspecified atom stereocenters. The van der Waals surface area contributed by atoms with Crippen LogP contribution in [0.4, 0.5) is 0 Å². The number of nitrogens with zero attached hydrogens (tertiary/aromatic N) is 1. The molecule has 2 aromatic rings. The first-order chi connectivity index (χ1) is 11.1. The number of nitrogens with one attached hydrogen (secondary N) is 1. The monoisotopic (exact) mass is 388 g/mol. The van der Waals surface area contributed by atoms with Crippen LogP contribution in [0.1, 0.15) is 0 Å². The molecule has 0 radical (unpaired) electrons. The number of rotatable bonds is 4. The summed E-state index contributed by atoms with van der Waals surface area (Å²) in [6.07, 6.45) is 0. The molecule has 8 heteroatoms. The minimum atomic E-state index is -3.45. The highest BCUT2D eigenvalue weighted by Crippen LogP contribution is 2.29. The molecular formula is C16H18Cl2N2O3S. The zero-order chi connectivity index (χ0) is 16.3. The summed E-state index contributed by atoms with van der Waals surface area (Å²) >= 11 is 6.05. The topological polar surface area (TPSA) is 58.6 Å². The van der Waals surface area contributed by atoms with Gasteiger partial charge in [0, 0.05) is 26.2 Å². The Morgan fingerprint density at radius 1 is 1.00 bits per heavy atom. The summed E-state index contributed by atoms with van der Waals surface area (Å²) < 4.78 is 32.3. The van der Waals surface area contributed by atoms with Gasteiger partial charge in [-0.1, -0.05) is 23.7 Å². The van der Waals surface area contributed by atoms with Gasteiger partial charge in [-0.3, -0.25) is 0 Å². The van der Waals surface area contributed by atoms with Gasteiger partial charge in [-0.15, -0.1) is 12.4 Å². The Kier molecular flexibility index (Phi) is 6.48. The Labute approximate surface area is 153 Å². The number of para-hydroxylation sites is 1. The van der Waals surface area contributed by atoms with E-state index in [1.807, 2.05) is 12.1 Å². The maximum atomic E-state index is 12.5. The van der Waals surface area contributed by atoms with Crippen LogP contribution >= 0.6 is 24.0 Å². The van der Waals surface area contributed by atoms with Crippen LogP contribution in [0.25, 0.3) is 0 Å². The normalized spacial score (nSPS) is 15.5. The second kappa shape index (κ2) is 8.18. The quantitative estimate of drug-likeness (QED) is 0.873. The summed E-state index contributed by atoms with van der Waals surface area (Å²) in [7, 11) is -3.45. The van der Waals surface area contributed by atoms with E-state index in [0.717, 1.165) is 0 Å². The average molecular weight is 389 g/mol.